The predicted octanol–water partition coefficient (Wildman–Crippen LogP) is 1.73. The van der Waals surface area contributed by atoms with Gasteiger partial charge in [0.2, 0.25) is 0 Å². The first-order valence-corrected chi connectivity index (χ1v) is 6.70. The minimum atomic E-state index is -0.0451. The fourth-order valence-electron chi connectivity index (χ4n) is 2.56. The number of aromatic nitrogens is 1. The molecule has 3 rings (SSSR count). The van der Waals surface area contributed by atoms with Crippen LogP contribution in [0, 0.1) is 11.3 Å². The largest absolute Gasteiger partial charge is 0.399 e. The summed E-state index contributed by atoms with van der Waals surface area (Å²) in [5.41, 5.74) is 9.16. The molecule has 1 aliphatic heterocycles. The van der Waals surface area contributed by atoms with E-state index in [4.69, 9.17) is 11.0 Å². The molecular weight excluding hydrogens is 264 g/mol. The molecule has 5 nitrogen and oxygen atoms in total. The average Bonchev–Trinajstić information content (AvgIpc) is 2.51. The number of nitrogens with two attached hydrogens (primary N) is 1. The topological polar surface area (TPSA) is 83.0 Å². The smallest absolute Gasteiger partial charge is 0.254 e. The third-order valence-electron chi connectivity index (χ3n) is 3.66. The van der Waals surface area contributed by atoms with Crippen LogP contribution in [0.1, 0.15) is 27.2 Å². The molecule has 0 radical (unpaired) electrons. The fraction of sp³-hybridized carbons (Fsp3) is 0.188. The van der Waals surface area contributed by atoms with Crippen LogP contribution in [0.2, 0.25) is 0 Å². The van der Waals surface area contributed by atoms with Gasteiger partial charge in [0.15, 0.2) is 0 Å². The molecule has 21 heavy (non-hydrogen) atoms. The quantitative estimate of drug-likeness (QED) is 0.848. The zero-order valence-electron chi connectivity index (χ0n) is 11.4. The van der Waals surface area contributed by atoms with Crippen molar-refractivity contribution in [2.75, 3.05) is 12.3 Å². The molecule has 1 aliphatic rings. The van der Waals surface area contributed by atoms with Gasteiger partial charge in [0, 0.05) is 36.1 Å². The molecule has 104 valence electrons. The van der Waals surface area contributed by atoms with Gasteiger partial charge in [0.1, 0.15) is 11.8 Å². The third kappa shape index (κ3) is 2.43. The van der Waals surface area contributed by atoms with E-state index in [1.165, 1.54) is 0 Å². The number of nitriles is 1. The van der Waals surface area contributed by atoms with Crippen molar-refractivity contribution < 1.29 is 4.79 Å². The maximum absolute atomic E-state index is 12.5. The van der Waals surface area contributed by atoms with Gasteiger partial charge < -0.3 is 10.6 Å². The Balaban J connectivity index is 1.89. The number of benzene rings is 1. The molecule has 0 fully saturated rings. The van der Waals surface area contributed by atoms with E-state index >= 15 is 0 Å². The molecule has 1 amide bonds. The number of fused-ring (bicyclic) bond motifs is 1. The monoisotopic (exact) mass is 278 g/mol. The van der Waals surface area contributed by atoms with Crippen molar-refractivity contribution in [1.29, 1.82) is 5.26 Å². The zero-order chi connectivity index (χ0) is 14.8. The number of carbonyl (C=O) groups excluding carboxylic acids is 1. The number of carbonyl (C=O) groups is 1. The summed E-state index contributed by atoms with van der Waals surface area (Å²) in [5.74, 6) is -0.0451. The van der Waals surface area contributed by atoms with E-state index in [9.17, 15) is 4.79 Å². The van der Waals surface area contributed by atoms with Crippen LogP contribution in [0.4, 0.5) is 5.69 Å². The van der Waals surface area contributed by atoms with Gasteiger partial charge in [-0.3, -0.25) is 4.79 Å². The molecule has 2 heterocycles. The van der Waals surface area contributed by atoms with Crippen LogP contribution >= 0.6 is 0 Å². The van der Waals surface area contributed by atoms with Crippen molar-refractivity contribution in [3.8, 4) is 6.07 Å². The highest BCUT2D eigenvalue weighted by atomic mass is 16.2. The van der Waals surface area contributed by atoms with Crippen LogP contribution in [0.5, 0.6) is 0 Å². The first-order chi connectivity index (χ1) is 10.2. The van der Waals surface area contributed by atoms with Crippen LogP contribution in [-0.2, 0) is 13.0 Å². The number of amides is 1. The molecule has 0 spiro atoms. The van der Waals surface area contributed by atoms with Gasteiger partial charge in [-0.15, -0.1) is 0 Å². The number of anilines is 1. The predicted molar refractivity (Wildman–Crippen MR) is 78.3 cm³/mol. The van der Waals surface area contributed by atoms with Crippen LogP contribution < -0.4 is 5.73 Å². The van der Waals surface area contributed by atoms with Crippen LogP contribution in [-0.4, -0.2) is 22.3 Å². The van der Waals surface area contributed by atoms with Crippen LogP contribution in [0.25, 0.3) is 0 Å². The lowest BCUT2D eigenvalue weighted by molar-refractivity contribution is 0.0727. The minimum absolute atomic E-state index is 0.0451. The summed E-state index contributed by atoms with van der Waals surface area (Å²) in [6.07, 6.45) is 2.37. The lowest BCUT2D eigenvalue weighted by atomic mass is 9.98. The molecule has 0 saturated carbocycles. The fourth-order valence-corrected chi connectivity index (χ4v) is 2.56. The SMILES string of the molecule is N#Cc1ncccc1CN1CCc2ccc(N)cc2C1=O. The Kier molecular flexibility index (Phi) is 3.28. The van der Waals surface area contributed by atoms with E-state index in [0.717, 1.165) is 17.5 Å². The second kappa shape index (κ2) is 5.25. The summed E-state index contributed by atoms with van der Waals surface area (Å²) < 4.78 is 0. The van der Waals surface area contributed by atoms with Gasteiger partial charge in [-0.1, -0.05) is 12.1 Å². The zero-order valence-corrected chi connectivity index (χ0v) is 11.4. The van der Waals surface area contributed by atoms with Gasteiger partial charge in [-0.05, 0) is 30.2 Å². The van der Waals surface area contributed by atoms with Crippen molar-refractivity contribution in [2.24, 2.45) is 0 Å². The highest BCUT2D eigenvalue weighted by Gasteiger charge is 2.25. The summed E-state index contributed by atoms with van der Waals surface area (Å²) in [7, 11) is 0. The average molecular weight is 278 g/mol. The Hall–Kier alpha value is -2.87. The number of pyridine rings is 1. The van der Waals surface area contributed by atoms with Gasteiger partial charge in [0.05, 0.1) is 0 Å². The summed E-state index contributed by atoms with van der Waals surface area (Å²) in [6, 6.07) is 11.1. The molecule has 0 atom stereocenters. The van der Waals surface area contributed by atoms with Crippen molar-refractivity contribution in [3.63, 3.8) is 0 Å². The molecule has 1 aromatic carbocycles. The number of rotatable bonds is 2. The van der Waals surface area contributed by atoms with E-state index < -0.39 is 0 Å². The first kappa shape index (κ1) is 13.1. The van der Waals surface area contributed by atoms with Crippen LogP contribution in [0.3, 0.4) is 0 Å². The van der Waals surface area contributed by atoms with Gasteiger partial charge in [-0.25, -0.2) is 4.98 Å². The van der Waals surface area contributed by atoms with Crippen LogP contribution in [0.15, 0.2) is 36.5 Å². The van der Waals surface area contributed by atoms with Crippen molar-refractivity contribution in [1.82, 2.24) is 9.88 Å². The summed E-state index contributed by atoms with van der Waals surface area (Å²) in [4.78, 5) is 18.3. The Morgan fingerprint density at radius 2 is 2.24 bits per heavy atom. The summed E-state index contributed by atoms with van der Waals surface area (Å²) >= 11 is 0. The lowest BCUT2D eigenvalue weighted by Crippen LogP contribution is -2.37. The van der Waals surface area contributed by atoms with Crippen molar-refractivity contribution in [2.45, 2.75) is 13.0 Å². The molecule has 0 saturated heterocycles. The van der Waals surface area contributed by atoms with Crippen molar-refractivity contribution >= 4 is 11.6 Å². The maximum Gasteiger partial charge on any atom is 0.254 e. The second-order valence-electron chi connectivity index (χ2n) is 5.02. The molecule has 0 bridgehead atoms. The normalized spacial score (nSPS) is 13.7. The maximum atomic E-state index is 12.5. The molecule has 5 heteroatoms. The second-order valence-corrected chi connectivity index (χ2v) is 5.02. The van der Waals surface area contributed by atoms with E-state index in [-0.39, 0.29) is 5.91 Å². The highest BCUT2D eigenvalue weighted by molar-refractivity contribution is 5.97. The number of nitrogen functional groups attached to an aromatic ring is 1. The molecule has 0 aliphatic carbocycles. The van der Waals surface area contributed by atoms with E-state index in [0.29, 0.717) is 30.0 Å². The number of nitrogens with zero attached hydrogens (tertiary/aromatic N) is 3. The molecular formula is C16H14N4O. The minimum Gasteiger partial charge on any atom is -0.399 e. The van der Waals surface area contributed by atoms with Gasteiger partial charge in [0.25, 0.3) is 5.91 Å². The highest BCUT2D eigenvalue weighted by Crippen LogP contribution is 2.23. The number of hydrogen-bond acceptors (Lipinski definition) is 4. The van der Waals surface area contributed by atoms with E-state index in [2.05, 4.69) is 11.1 Å². The summed E-state index contributed by atoms with van der Waals surface area (Å²) in [6.45, 7) is 1.03. The molecule has 0 unspecified atom stereocenters. The van der Waals surface area contributed by atoms with E-state index in [1.807, 2.05) is 18.2 Å². The Labute approximate surface area is 122 Å². The Morgan fingerprint density at radius 1 is 1.38 bits per heavy atom. The van der Waals surface area contributed by atoms with Crippen molar-refractivity contribution in [3.05, 3.63) is 58.9 Å². The molecule has 1 aromatic heterocycles. The van der Waals surface area contributed by atoms with E-state index in [1.54, 1.807) is 23.2 Å². The number of hydrogen-bond donors (Lipinski definition) is 1. The Bertz CT molecular complexity index is 748. The third-order valence-corrected chi connectivity index (χ3v) is 3.66. The standard InChI is InChI=1S/C16H14N4O/c17-9-15-12(2-1-6-19-15)10-20-7-5-11-3-4-13(18)8-14(11)16(20)21/h1-4,6,8H,5,7,10,18H2. The molecule has 2 aromatic rings. The lowest BCUT2D eigenvalue weighted by Gasteiger charge is -2.29. The molecule has 2 N–H and O–H groups in total. The van der Waals surface area contributed by atoms with Gasteiger partial charge >= 0.3 is 0 Å². The van der Waals surface area contributed by atoms with Gasteiger partial charge in [-0.2, -0.15) is 5.26 Å². The summed E-state index contributed by atoms with van der Waals surface area (Å²) in [5, 5.41) is 9.08. The first-order valence-electron chi connectivity index (χ1n) is 6.70. The Morgan fingerprint density at radius 3 is 3.05 bits per heavy atom.